The molecule has 1 aromatic carbocycles. The van der Waals surface area contributed by atoms with Crippen LogP contribution < -0.4 is 26.3 Å². The van der Waals surface area contributed by atoms with Crippen LogP contribution in [-0.2, 0) is 16.1 Å². The molecule has 0 aliphatic heterocycles. The first-order valence-electron chi connectivity index (χ1n) is 9.63. The van der Waals surface area contributed by atoms with Gasteiger partial charge in [-0.1, -0.05) is 13.8 Å². The monoisotopic (exact) mass is 488 g/mol. The number of ether oxygens (including phenoxy) is 2. The number of primary amides is 1. The number of thiazole rings is 1. The maximum atomic E-state index is 12.7. The van der Waals surface area contributed by atoms with Crippen molar-refractivity contribution in [3.8, 4) is 11.5 Å². The largest absolute Gasteiger partial charge is 0.573 e. The highest BCUT2D eigenvalue weighted by Gasteiger charge is 2.42. The highest BCUT2D eigenvalue weighted by Crippen LogP contribution is 2.25. The van der Waals surface area contributed by atoms with Gasteiger partial charge in [0.2, 0.25) is 11.7 Å². The molecule has 2 amide bonds. The zero-order valence-corrected chi connectivity index (χ0v) is 18.6. The number of nitrogens with zero attached hydrogens (tertiary/aromatic N) is 1. The van der Waals surface area contributed by atoms with E-state index < -0.39 is 41.9 Å². The maximum Gasteiger partial charge on any atom is 0.573 e. The SMILES string of the molecule is CC(C)C[C@@](N)(C(N)=O)C(=O)c1csc(CNC(=O)COc2ccc(OC(F)(F)F)cc2)n1. The number of nitrogens with two attached hydrogens (primary N) is 2. The van der Waals surface area contributed by atoms with Crippen molar-refractivity contribution in [1.29, 1.82) is 0 Å². The Morgan fingerprint density at radius 1 is 1.15 bits per heavy atom. The molecule has 0 spiro atoms. The number of Topliss-reactive ketones (excluding diaryl/α,β-unsaturated/α-hetero) is 1. The fraction of sp³-hybridized carbons (Fsp3) is 0.400. The molecule has 33 heavy (non-hydrogen) atoms. The first-order valence-corrected chi connectivity index (χ1v) is 10.5. The van der Waals surface area contributed by atoms with Gasteiger partial charge in [-0.15, -0.1) is 24.5 Å². The predicted molar refractivity (Wildman–Crippen MR) is 112 cm³/mol. The van der Waals surface area contributed by atoms with Crippen molar-refractivity contribution in [2.24, 2.45) is 17.4 Å². The summed E-state index contributed by atoms with van der Waals surface area (Å²) >= 11 is 1.09. The molecule has 2 aromatic rings. The third-order valence-electron chi connectivity index (χ3n) is 4.22. The van der Waals surface area contributed by atoms with Gasteiger partial charge >= 0.3 is 6.36 Å². The summed E-state index contributed by atoms with van der Waals surface area (Å²) in [7, 11) is 0. The van der Waals surface area contributed by atoms with E-state index in [0.29, 0.717) is 5.01 Å². The van der Waals surface area contributed by atoms with E-state index in [1.54, 1.807) is 13.8 Å². The predicted octanol–water partition coefficient (Wildman–Crippen LogP) is 2.15. The second kappa shape index (κ2) is 10.6. The summed E-state index contributed by atoms with van der Waals surface area (Å²) in [4.78, 5) is 40.6. The summed E-state index contributed by atoms with van der Waals surface area (Å²) in [6.07, 6.45) is -4.74. The molecule has 1 heterocycles. The smallest absolute Gasteiger partial charge is 0.484 e. The molecule has 1 aromatic heterocycles. The molecule has 0 saturated heterocycles. The van der Waals surface area contributed by atoms with Gasteiger partial charge < -0.3 is 26.3 Å². The maximum absolute atomic E-state index is 12.7. The van der Waals surface area contributed by atoms with E-state index >= 15 is 0 Å². The standard InChI is InChI=1S/C20H23F3N4O5S/c1-11(2)7-19(25,18(24)30)17(29)14-10-33-16(27-14)8-26-15(28)9-31-12-3-5-13(6-4-12)32-20(21,22)23/h3-6,10-11H,7-9,25H2,1-2H3,(H2,24,30)(H,26,28)/t19-/m0/s1. The number of ketones is 1. The van der Waals surface area contributed by atoms with Gasteiger partial charge in [-0.05, 0) is 36.6 Å². The zero-order chi connectivity index (χ0) is 24.8. The minimum Gasteiger partial charge on any atom is -0.484 e. The van der Waals surface area contributed by atoms with Crippen LogP contribution in [-0.4, -0.2) is 41.1 Å². The second-order valence-corrected chi connectivity index (χ2v) is 8.42. The highest BCUT2D eigenvalue weighted by molar-refractivity contribution is 7.09. The molecule has 2 rings (SSSR count). The molecule has 0 bridgehead atoms. The number of hydrogen-bond donors (Lipinski definition) is 3. The quantitative estimate of drug-likeness (QED) is 0.324. The number of rotatable bonds is 11. The molecule has 0 aliphatic rings. The number of hydrogen-bond acceptors (Lipinski definition) is 8. The Morgan fingerprint density at radius 2 is 1.76 bits per heavy atom. The lowest BCUT2D eigenvalue weighted by atomic mass is 9.84. The van der Waals surface area contributed by atoms with Crippen molar-refractivity contribution in [1.82, 2.24) is 10.3 Å². The van der Waals surface area contributed by atoms with Gasteiger partial charge in [0.25, 0.3) is 5.91 Å². The third kappa shape index (κ3) is 7.71. The van der Waals surface area contributed by atoms with Crippen molar-refractivity contribution < 1.29 is 37.0 Å². The van der Waals surface area contributed by atoms with Crippen molar-refractivity contribution in [2.45, 2.75) is 38.7 Å². The molecule has 5 N–H and O–H groups in total. The van der Waals surface area contributed by atoms with Crippen LogP contribution in [0.25, 0.3) is 0 Å². The lowest BCUT2D eigenvalue weighted by molar-refractivity contribution is -0.274. The van der Waals surface area contributed by atoms with Gasteiger partial charge in [0, 0.05) is 5.38 Å². The topological polar surface area (TPSA) is 147 Å². The second-order valence-electron chi connectivity index (χ2n) is 7.47. The Kier molecular flexibility index (Phi) is 8.39. The third-order valence-corrected chi connectivity index (χ3v) is 5.07. The highest BCUT2D eigenvalue weighted by atomic mass is 32.1. The van der Waals surface area contributed by atoms with Crippen molar-refractivity contribution in [2.75, 3.05) is 6.61 Å². The Labute approximate surface area is 191 Å². The Hall–Kier alpha value is -3.19. The average molecular weight is 488 g/mol. The molecular formula is C20H23F3N4O5S. The fourth-order valence-electron chi connectivity index (χ4n) is 2.79. The average Bonchev–Trinajstić information content (AvgIpc) is 3.18. The lowest BCUT2D eigenvalue weighted by Crippen LogP contribution is -2.59. The molecule has 0 aliphatic carbocycles. The van der Waals surface area contributed by atoms with E-state index in [1.165, 1.54) is 17.5 Å². The van der Waals surface area contributed by atoms with Crippen LogP contribution in [0.2, 0.25) is 0 Å². The van der Waals surface area contributed by atoms with E-state index in [0.717, 1.165) is 23.5 Å². The summed E-state index contributed by atoms with van der Waals surface area (Å²) in [5.74, 6) is -2.48. The van der Waals surface area contributed by atoms with E-state index in [4.69, 9.17) is 16.2 Å². The zero-order valence-electron chi connectivity index (χ0n) is 17.8. The number of aromatic nitrogens is 1. The van der Waals surface area contributed by atoms with Crippen LogP contribution in [0.5, 0.6) is 11.5 Å². The van der Waals surface area contributed by atoms with Crippen molar-refractivity contribution in [3.63, 3.8) is 0 Å². The van der Waals surface area contributed by atoms with E-state index in [9.17, 15) is 27.6 Å². The summed E-state index contributed by atoms with van der Waals surface area (Å²) in [6, 6.07) is 4.56. The molecule has 13 heteroatoms. The molecule has 180 valence electrons. The van der Waals surface area contributed by atoms with Crippen LogP contribution in [0.4, 0.5) is 13.2 Å². The van der Waals surface area contributed by atoms with Crippen molar-refractivity contribution >= 4 is 28.9 Å². The van der Waals surface area contributed by atoms with Gasteiger partial charge in [0.15, 0.2) is 12.1 Å². The Morgan fingerprint density at radius 3 is 2.30 bits per heavy atom. The molecule has 0 saturated carbocycles. The minimum atomic E-state index is -4.80. The van der Waals surface area contributed by atoms with E-state index in [2.05, 4.69) is 15.0 Å². The summed E-state index contributed by atoms with van der Waals surface area (Å²) < 4.78 is 45.4. The fourth-order valence-corrected chi connectivity index (χ4v) is 3.50. The van der Waals surface area contributed by atoms with Gasteiger partial charge in [-0.25, -0.2) is 4.98 Å². The Balaban J connectivity index is 1.88. The van der Waals surface area contributed by atoms with Gasteiger partial charge in [-0.2, -0.15) is 0 Å². The first kappa shape index (κ1) is 26.1. The number of carbonyl (C=O) groups is 3. The minimum absolute atomic E-state index is 0.0170. The van der Waals surface area contributed by atoms with Gasteiger partial charge in [0.05, 0.1) is 6.54 Å². The Bertz CT molecular complexity index is 994. The molecule has 0 unspecified atom stereocenters. The van der Waals surface area contributed by atoms with Crippen LogP contribution in [0.3, 0.4) is 0 Å². The van der Waals surface area contributed by atoms with E-state index in [-0.39, 0.29) is 30.3 Å². The van der Waals surface area contributed by atoms with Gasteiger partial charge in [0.1, 0.15) is 22.2 Å². The molecule has 0 radical (unpaired) electrons. The number of benzene rings is 1. The summed E-state index contributed by atoms with van der Waals surface area (Å²) in [5.41, 5.74) is 9.41. The number of amides is 2. The van der Waals surface area contributed by atoms with Crippen LogP contribution in [0.15, 0.2) is 29.6 Å². The number of nitrogens with one attached hydrogen (secondary N) is 1. The van der Waals surface area contributed by atoms with Crippen LogP contribution in [0, 0.1) is 5.92 Å². The van der Waals surface area contributed by atoms with E-state index in [1.807, 2.05) is 0 Å². The van der Waals surface area contributed by atoms with Crippen molar-refractivity contribution in [3.05, 3.63) is 40.3 Å². The van der Waals surface area contributed by atoms with Gasteiger partial charge in [-0.3, -0.25) is 14.4 Å². The number of alkyl halides is 3. The lowest BCUT2D eigenvalue weighted by Gasteiger charge is -2.25. The molecule has 9 nitrogen and oxygen atoms in total. The molecule has 0 fully saturated rings. The molecule has 1 atom stereocenters. The number of halogens is 3. The number of carbonyl (C=O) groups excluding carboxylic acids is 3. The summed E-state index contributed by atoms with van der Waals surface area (Å²) in [6.45, 7) is 3.18. The van der Waals surface area contributed by atoms with Crippen LogP contribution >= 0.6 is 11.3 Å². The van der Waals surface area contributed by atoms with Crippen LogP contribution in [0.1, 0.15) is 35.8 Å². The first-order chi connectivity index (χ1) is 15.3. The normalized spacial score (nSPS) is 13.3. The summed E-state index contributed by atoms with van der Waals surface area (Å²) in [5, 5.41) is 4.35. The molecular weight excluding hydrogens is 465 g/mol.